The van der Waals surface area contributed by atoms with Crippen molar-refractivity contribution in [2.24, 2.45) is 5.41 Å². The van der Waals surface area contributed by atoms with E-state index in [-0.39, 0.29) is 5.82 Å². The summed E-state index contributed by atoms with van der Waals surface area (Å²) in [6, 6.07) is 7.73. The van der Waals surface area contributed by atoms with Crippen molar-refractivity contribution >= 4 is 0 Å². The SMILES string of the molecule is CCC1(CNC2CC(c3ccc(F)cc3)C2)CCCC1. The summed E-state index contributed by atoms with van der Waals surface area (Å²) in [6.45, 7) is 3.54. The van der Waals surface area contributed by atoms with Crippen LogP contribution in [-0.2, 0) is 0 Å². The fourth-order valence-corrected chi connectivity index (χ4v) is 3.93. The van der Waals surface area contributed by atoms with Crippen LogP contribution < -0.4 is 5.32 Å². The third kappa shape index (κ3) is 2.90. The molecule has 1 aromatic carbocycles. The van der Waals surface area contributed by atoms with E-state index in [2.05, 4.69) is 12.2 Å². The van der Waals surface area contributed by atoms with Gasteiger partial charge in [0.2, 0.25) is 0 Å². The van der Waals surface area contributed by atoms with E-state index < -0.39 is 0 Å². The predicted octanol–water partition coefficient (Wildman–Crippen LogP) is 4.63. The quantitative estimate of drug-likeness (QED) is 0.826. The van der Waals surface area contributed by atoms with Crippen LogP contribution in [0.5, 0.6) is 0 Å². The second-order valence-electron chi connectivity index (χ2n) is 6.86. The summed E-state index contributed by atoms with van der Waals surface area (Å²) < 4.78 is 12.9. The molecular weight excluding hydrogens is 249 g/mol. The van der Waals surface area contributed by atoms with Gasteiger partial charge in [-0.15, -0.1) is 0 Å². The standard InChI is InChI=1S/C18H26FN/c1-2-18(9-3-4-10-18)13-20-17-11-15(12-17)14-5-7-16(19)8-6-14/h5-8,15,17,20H,2-4,9-13H2,1H3. The normalized spacial score (nSPS) is 28.3. The van der Waals surface area contributed by atoms with Gasteiger partial charge in [-0.3, -0.25) is 0 Å². The average Bonchev–Trinajstić information content (AvgIpc) is 2.88. The van der Waals surface area contributed by atoms with Crippen LogP contribution in [0, 0.1) is 11.2 Å². The molecule has 2 aliphatic rings. The Hall–Kier alpha value is -0.890. The van der Waals surface area contributed by atoms with Gasteiger partial charge in [-0.25, -0.2) is 4.39 Å². The first-order valence-electron chi connectivity index (χ1n) is 8.20. The molecule has 0 spiro atoms. The molecule has 0 aliphatic heterocycles. The van der Waals surface area contributed by atoms with Gasteiger partial charge in [0, 0.05) is 12.6 Å². The Balaban J connectivity index is 1.45. The molecule has 0 saturated heterocycles. The van der Waals surface area contributed by atoms with Gasteiger partial charge in [0.05, 0.1) is 0 Å². The van der Waals surface area contributed by atoms with Crippen molar-refractivity contribution in [2.45, 2.75) is 63.8 Å². The van der Waals surface area contributed by atoms with Crippen LogP contribution >= 0.6 is 0 Å². The van der Waals surface area contributed by atoms with Crippen molar-refractivity contribution in [3.63, 3.8) is 0 Å². The van der Waals surface area contributed by atoms with E-state index in [9.17, 15) is 4.39 Å². The first-order chi connectivity index (χ1) is 9.71. The highest BCUT2D eigenvalue weighted by atomic mass is 19.1. The molecule has 0 atom stereocenters. The van der Waals surface area contributed by atoms with Gasteiger partial charge in [-0.05, 0) is 61.1 Å². The molecule has 2 saturated carbocycles. The predicted molar refractivity (Wildman–Crippen MR) is 81.4 cm³/mol. The van der Waals surface area contributed by atoms with Gasteiger partial charge in [-0.2, -0.15) is 0 Å². The van der Waals surface area contributed by atoms with E-state index in [1.165, 1.54) is 57.1 Å². The molecule has 0 bridgehead atoms. The van der Waals surface area contributed by atoms with Crippen LogP contribution in [0.3, 0.4) is 0 Å². The summed E-state index contributed by atoms with van der Waals surface area (Å²) in [5, 5.41) is 3.79. The van der Waals surface area contributed by atoms with Crippen molar-refractivity contribution in [3.05, 3.63) is 35.6 Å². The fraction of sp³-hybridized carbons (Fsp3) is 0.667. The van der Waals surface area contributed by atoms with Gasteiger partial charge < -0.3 is 5.32 Å². The van der Waals surface area contributed by atoms with Crippen LogP contribution in [0.15, 0.2) is 24.3 Å². The molecule has 1 nitrogen and oxygen atoms in total. The third-order valence-corrected chi connectivity index (χ3v) is 5.66. The first kappa shape index (κ1) is 14.1. The summed E-state index contributed by atoms with van der Waals surface area (Å²) >= 11 is 0. The van der Waals surface area contributed by atoms with Crippen LogP contribution in [0.25, 0.3) is 0 Å². The lowest BCUT2D eigenvalue weighted by Crippen LogP contribution is -2.44. The van der Waals surface area contributed by atoms with E-state index >= 15 is 0 Å². The topological polar surface area (TPSA) is 12.0 Å². The van der Waals surface area contributed by atoms with Crippen molar-refractivity contribution in [1.29, 1.82) is 0 Å². The molecule has 1 N–H and O–H groups in total. The summed E-state index contributed by atoms with van der Waals surface area (Å²) in [5.41, 5.74) is 1.89. The first-order valence-corrected chi connectivity index (χ1v) is 8.20. The second-order valence-corrected chi connectivity index (χ2v) is 6.86. The van der Waals surface area contributed by atoms with E-state index in [1.54, 1.807) is 12.1 Å². The summed E-state index contributed by atoms with van der Waals surface area (Å²) in [5.74, 6) is 0.503. The minimum Gasteiger partial charge on any atom is -0.313 e. The van der Waals surface area contributed by atoms with Crippen molar-refractivity contribution in [1.82, 2.24) is 5.32 Å². The molecule has 2 heteroatoms. The van der Waals surface area contributed by atoms with Gasteiger partial charge in [-0.1, -0.05) is 31.9 Å². The van der Waals surface area contributed by atoms with Gasteiger partial charge >= 0.3 is 0 Å². The molecule has 0 heterocycles. The molecule has 0 radical (unpaired) electrons. The van der Waals surface area contributed by atoms with E-state index in [4.69, 9.17) is 0 Å². The summed E-state index contributed by atoms with van der Waals surface area (Å²) in [4.78, 5) is 0. The molecule has 0 amide bonds. The summed E-state index contributed by atoms with van der Waals surface area (Å²) in [6.07, 6.45) is 9.39. The Morgan fingerprint density at radius 1 is 1.15 bits per heavy atom. The Morgan fingerprint density at radius 3 is 2.40 bits per heavy atom. The monoisotopic (exact) mass is 275 g/mol. The van der Waals surface area contributed by atoms with Gasteiger partial charge in [0.1, 0.15) is 5.82 Å². The highest BCUT2D eigenvalue weighted by Gasteiger charge is 2.35. The number of hydrogen-bond donors (Lipinski definition) is 1. The lowest BCUT2D eigenvalue weighted by Gasteiger charge is -2.39. The second kappa shape index (κ2) is 5.85. The minimum atomic E-state index is -0.131. The smallest absolute Gasteiger partial charge is 0.123 e. The molecule has 0 unspecified atom stereocenters. The fourth-order valence-electron chi connectivity index (χ4n) is 3.93. The number of halogens is 1. The molecule has 3 rings (SSSR count). The molecule has 110 valence electrons. The number of hydrogen-bond acceptors (Lipinski definition) is 1. The van der Waals surface area contributed by atoms with Gasteiger partial charge in [0.25, 0.3) is 0 Å². The Morgan fingerprint density at radius 2 is 1.80 bits per heavy atom. The third-order valence-electron chi connectivity index (χ3n) is 5.66. The zero-order valence-corrected chi connectivity index (χ0v) is 12.5. The maximum Gasteiger partial charge on any atom is 0.123 e. The molecular formula is C18H26FN. The number of nitrogens with one attached hydrogen (secondary N) is 1. The molecule has 2 aliphatic carbocycles. The van der Waals surface area contributed by atoms with Crippen LogP contribution in [0.1, 0.15) is 63.4 Å². The maximum absolute atomic E-state index is 12.9. The van der Waals surface area contributed by atoms with E-state index in [0.29, 0.717) is 17.4 Å². The maximum atomic E-state index is 12.9. The van der Waals surface area contributed by atoms with Crippen LogP contribution in [-0.4, -0.2) is 12.6 Å². The Bertz CT molecular complexity index is 427. The van der Waals surface area contributed by atoms with Crippen LogP contribution in [0.2, 0.25) is 0 Å². The van der Waals surface area contributed by atoms with Gasteiger partial charge in [0.15, 0.2) is 0 Å². The zero-order valence-electron chi connectivity index (χ0n) is 12.5. The van der Waals surface area contributed by atoms with Crippen molar-refractivity contribution < 1.29 is 4.39 Å². The Kier molecular flexibility index (Phi) is 4.11. The highest BCUT2D eigenvalue weighted by molar-refractivity contribution is 5.23. The lowest BCUT2D eigenvalue weighted by molar-refractivity contribution is 0.213. The number of rotatable bonds is 5. The van der Waals surface area contributed by atoms with E-state index in [0.717, 1.165) is 0 Å². The van der Waals surface area contributed by atoms with Crippen molar-refractivity contribution in [2.75, 3.05) is 6.54 Å². The lowest BCUT2D eigenvalue weighted by atomic mass is 9.75. The summed E-state index contributed by atoms with van der Waals surface area (Å²) in [7, 11) is 0. The Labute approximate surface area is 122 Å². The minimum absolute atomic E-state index is 0.131. The molecule has 1 aromatic rings. The van der Waals surface area contributed by atoms with Crippen LogP contribution in [0.4, 0.5) is 4.39 Å². The van der Waals surface area contributed by atoms with E-state index in [1.807, 2.05) is 12.1 Å². The molecule has 0 aromatic heterocycles. The zero-order chi connectivity index (χ0) is 14.0. The molecule has 20 heavy (non-hydrogen) atoms. The number of benzene rings is 1. The molecule has 2 fully saturated rings. The largest absolute Gasteiger partial charge is 0.313 e. The van der Waals surface area contributed by atoms with Crippen molar-refractivity contribution in [3.8, 4) is 0 Å². The average molecular weight is 275 g/mol. The highest BCUT2D eigenvalue weighted by Crippen LogP contribution is 2.42.